The molecule has 0 saturated carbocycles. The van der Waals surface area contributed by atoms with Crippen LogP contribution in [0.2, 0.25) is 0 Å². The van der Waals surface area contributed by atoms with Crippen LogP contribution in [0.25, 0.3) is 0 Å². The summed E-state index contributed by atoms with van der Waals surface area (Å²) in [6.45, 7) is 26.7. The number of rotatable bonds is 2. The summed E-state index contributed by atoms with van der Waals surface area (Å²) in [6.07, 6.45) is 2.20. The summed E-state index contributed by atoms with van der Waals surface area (Å²) in [5, 5.41) is 0. The Bertz CT molecular complexity index is 3810. The molecule has 0 saturated heterocycles. The first kappa shape index (κ1) is 45.7. The highest BCUT2D eigenvalue weighted by atomic mass is 32.2. The van der Waals surface area contributed by atoms with Crippen molar-refractivity contribution in [3.05, 3.63) is 155 Å². The van der Waals surface area contributed by atoms with Gasteiger partial charge in [0.05, 0.1) is 5.69 Å². The molecule has 10 heteroatoms. The highest BCUT2D eigenvalue weighted by Gasteiger charge is 2.49. The van der Waals surface area contributed by atoms with Gasteiger partial charge < -0.3 is 23.8 Å². The largest absolute Gasteiger partial charge is 0.458 e. The molecule has 0 spiro atoms. The molecule has 0 aromatic heterocycles. The maximum atomic E-state index is 7.20. The van der Waals surface area contributed by atoms with Gasteiger partial charge in [0.15, 0.2) is 0 Å². The number of anilines is 5. The van der Waals surface area contributed by atoms with Crippen LogP contribution in [-0.4, -0.2) is 26.4 Å². The van der Waals surface area contributed by atoms with Gasteiger partial charge in [-0.15, -0.1) is 0 Å². The second-order valence-electron chi connectivity index (χ2n) is 24.8. The molecule has 6 nitrogen and oxygen atoms in total. The zero-order valence-corrected chi connectivity index (χ0v) is 45.5. The Hall–Kier alpha value is -6.90. The molecular formula is C64H59B3N2O4S. The van der Waals surface area contributed by atoms with E-state index in [1.165, 1.54) is 55.4 Å². The van der Waals surface area contributed by atoms with Gasteiger partial charge in [0.2, 0.25) is 0 Å². The summed E-state index contributed by atoms with van der Waals surface area (Å²) in [6, 6.07) is 46.1. The van der Waals surface area contributed by atoms with Crippen molar-refractivity contribution in [2.75, 3.05) is 15.5 Å². The van der Waals surface area contributed by atoms with Crippen molar-refractivity contribution in [1.82, 2.24) is 0 Å². The van der Waals surface area contributed by atoms with Gasteiger partial charge in [-0.3, -0.25) is 4.31 Å². The molecule has 0 aliphatic carbocycles. The molecule has 6 heterocycles. The number of fused-ring (bicyclic) bond motifs is 12. The van der Waals surface area contributed by atoms with E-state index >= 15 is 0 Å². The van der Waals surface area contributed by atoms with Gasteiger partial charge in [-0.05, 0) is 193 Å². The van der Waals surface area contributed by atoms with Gasteiger partial charge in [0.1, 0.15) is 46.0 Å². The van der Waals surface area contributed by atoms with Crippen molar-refractivity contribution in [2.24, 2.45) is 0 Å². The van der Waals surface area contributed by atoms with Gasteiger partial charge in [-0.25, -0.2) is 0 Å². The van der Waals surface area contributed by atoms with E-state index in [4.69, 9.17) is 18.9 Å². The van der Waals surface area contributed by atoms with E-state index in [0.29, 0.717) is 0 Å². The standard InChI is InChI=1S/C64H59B3N2O4S/c1-34-22-49-59-55(24-34)70-51-20-16-38(63(7,8)9)28-43(51)65(59)41-30-42-48(32-47(41)68(49)40-18-14-37(15-19-40)62(4,5)6)69(74-13)50-23-35(2)25-56-60(50)66(42)45-31-46-54(33-53(45)72-56)73-58-27-36(3)26-57-61(58)67(46)44-29-39(64(10,11)12)17-21-52(44)71-57/h14-33H,1-13H3. The quantitative estimate of drug-likeness (QED) is 0.126. The van der Waals surface area contributed by atoms with Crippen molar-refractivity contribution in [3.8, 4) is 46.0 Å². The van der Waals surface area contributed by atoms with Crippen molar-refractivity contribution in [1.29, 1.82) is 0 Å². The summed E-state index contributed by atoms with van der Waals surface area (Å²) in [7, 11) is 0. The number of aryl methyl sites for hydroxylation is 3. The monoisotopic (exact) mass is 984 g/mol. The fourth-order valence-corrected chi connectivity index (χ4v) is 13.6. The van der Waals surface area contributed by atoms with E-state index in [0.717, 1.165) is 102 Å². The highest BCUT2D eigenvalue weighted by molar-refractivity contribution is 8.00. The van der Waals surface area contributed by atoms with Crippen molar-refractivity contribution >= 4 is 110 Å². The number of nitrogens with zero attached hydrogens (tertiary/aromatic N) is 2. The summed E-state index contributed by atoms with van der Waals surface area (Å²) >= 11 is 1.75. The van der Waals surface area contributed by atoms with Crippen molar-refractivity contribution < 1.29 is 18.9 Å². The van der Waals surface area contributed by atoms with Crippen molar-refractivity contribution in [3.63, 3.8) is 0 Å². The fourth-order valence-electron chi connectivity index (χ4n) is 12.9. The molecule has 0 radical (unpaired) electrons. The number of benzene rings is 8. The first-order valence-electron chi connectivity index (χ1n) is 26.3. The topological polar surface area (TPSA) is 43.4 Å². The number of hydrogen-bond acceptors (Lipinski definition) is 7. The molecular weight excluding hydrogens is 925 g/mol. The van der Waals surface area contributed by atoms with Gasteiger partial charge >= 0.3 is 0 Å². The van der Waals surface area contributed by atoms with Crippen LogP contribution < -0.4 is 77.3 Å². The molecule has 0 bridgehead atoms. The lowest BCUT2D eigenvalue weighted by Gasteiger charge is -2.44. The van der Waals surface area contributed by atoms with Gasteiger partial charge in [0, 0.05) is 40.5 Å². The maximum Gasteiger partial charge on any atom is 0.260 e. The van der Waals surface area contributed by atoms with Crippen LogP contribution in [0.15, 0.2) is 121 Å². The Labute approximate surface area is 441 Å². The van der Waals surface area contributed by atoms with Gasteiger partial charge in [0.25, 0.3) is 20.1 Å². The second kappa shape index (κ2) is 15.4. The first-order valence-corrected chi connectivity index (χ1v) is 27.4. The van der Waals surface area contributed by atoms with Crippen LogP contribution in [0, 0.1) is 20.8 Å². The Kier molecular flexibility index (Phi) is 9.48. The van der Waals surface area contributed by atoms with E-state index in [1.807, 2.05) is 0 Å². The minimum Gasteiger partial charge on any atom is -0.458 e. The SMILES string of the molecule is CSN1c2cc3c(cc2B2c4cc5c(cc4Oc4cc(C)cc1c42)Oc1cc(C)cc2c1B5c1cc(C(C)(C)C)ccc1O2)B1c2cc(C(C)(C)C)ccc2Oc2cc(C)cc(c21)N3c1ccc(C(C)(C)C)cc1. The van der Waals surface area contributed by atoms with Crippen LogP contribution in [0.5, 0.6) is 46.0 Å². The predicted molar refractivity (Wildman–Crippen MR) is 314 cm³/mol. The summed E-state index contributed by atoms with van der Waals surface area (Å²) in [5.74, 6) is 6.93. The lowest BCUT2D eigenvalue weighted by molar-refractivity contribution is 0.455. The highest BCUT2D eigenvalue weighted by Crippen LogP contribution is 2.47. The van der Waals surface area contributed by atoms with E-state index in [-0.39, 0.29) is 36.4 Å². The maximum absolute atomic E-state index is 7.20. The Balaban J connectivity index is 1.05. The van der Waals surface area contributed by atoms with Crippen LogP contribution in [0.4, 0.5) is 28.4 Å². The third-order valence-electron chi connectivity index (χ3n) is 16.6. The third kappa shape index (κ3) is 6.62. The van der Waals surface area contributed by atoms with Gasteiger partial charge in [-0.2, -0.15) is 0 Å². The minimum absolute atomic E-state index is 0.0101. The minimum atomic E-state index is -0.156. The summed E-state index contributed by atoms with van der Waals surface area (Å²) < 4.78 is 30.5. The molecule has 8 aromatic carbocycles. The van der Waals surface area contributed by atoms with E-state index in [1.54, 1.807) is 11.9 Å². The smallest absolute Gasteiger partial charge is 0.260 e. The van der Waals surface area contributed by atoms with E-state index < -0.39 is 0 Å². The normalized spacial score (nSPS) is 14.9. The van der Waals surface area contributed by atoms with Crippen LogP contribution in [0.3, 0.4) is 0 Å². The molecule has 6 aliphatic heterocycles. The van der Waals surface area contributed by atoms with E-state index in [9.17, 15) is 0 Å². The van der Waals surface area contributed by atoms with Crippen LogP contribution in [0.1, 0.15) is 95.7 Å². The van der Waals surface area contributed by atoms with Gasteiger partial charge in [-0.1, -0.05) is 111 Å². The van der Waals surface area contributed by atoms with Crippen LogP contribution in [-0.2, 0) is 16.2 Å². The van der Waals surface area contributed by atoms with E-state index in [2.05, 4.69) is 220 Å². The Morgan fingerprint density at radius 3 is 1.27 bits per heavy atom. The molecule has 0 atom stereocenters. The summed E-state index contributed by atoms with van der Waals surface area (Å²) in [5.41, 5.74) is 23.5. The molecule has 0 unspecified atom stereocenters. The molecule has 0 N–H and O–H groups in total. The molecule has 0 amide bonds. The van der Waals surface area contributed by atoms with Crippen LogP contribution >= 0.6 is 11.9 Å². The lowest BCUT2D eigenvalue weighted by atomic mass is 9.29. The third-order valence-corrected chi connectivity index (χ3v) is 17.3. The first-order chi connectivity index (χ1) is 35.2. The molecule has 6 aliphatic rings. The zero-order chi connectivity index (χ0) is 51.2. The van der Waals surface area contributed by atoms with Crippen molar-refractivity contribution in [2.45, 2.75) is 99.3 Å². The second-order valence-corrected chi connectivity index (χ2v) is 25.5. The Morgan fingerprint density at radius 2 is 0.757 bits per heavy atom. The molecule has 8 aromatic rings. The lowest BCUT2D eigenvalue weighted by Crippen LogP contribution is -2.64. The number of hydrogen-bond donors (Lipinski definition) is 0. The molecule has 0 fully saturated rings. The Morgan fingerprint density at radius 1 is 0.351 bits per heavy atom. The average molecular weight is 985 g/mol. The predicted octanol–water partition coefficient (Wildman–Crippen LogP) is 11.0. The molecule has 74 heavy (non-hydrogen) atoms. The molecule has 364 valence electrons. The molecule has 14 rings (SSSR count). The number of ether oxygens (including phenoxy) is 4. The zero-order valence-electron chi connectivity index (χ0n) is 44.7. The fraction of sp³-hybridized carbons (Fsp3) is 0.250. The average Bonchev–Trinajstić information content (AvgIpc) is 3.37. The summed E-state index contributed by atoms with van der Waals surface area (Å²) in [4.78, 5) is 2.51.